The van der Waals surface area contributed by atoms with E-state index in [9.17, 15) is 14.4 Å². The average Bonchev–Trinajstić information content (AvgIpc) is 2.88. The van der Waals surface area contributed by atoms with Crippen molar-refractivity contribution in [1.29, 1.82) is 0 Å². The van der Waals surface area contributed by atoms with Crippen LogP contribution >= 0.6 is 0 Å². The highest BCUT2D eigenvalue weighted by Crippen LogP contribution is 2.09. The van der Waals surface area contributed by atoms with E-state index < -0.39 is 24.0 Å². The lowest BCUT2D eigenvalue weighted by molar-refractivity contribution is -0.148. The van der Waals surface area contributed by atoms with Gasteiger partial charge >= 0.3 is 5.97 Å². The van der Waals surface area contributed by atoms with Crippen molar-refractivity contribution in [3.8, 4) is 0 Å². The Morgan fingerprint density at radius 3 is 2.55 bits per heavy atom. The second kappa shape index (κ2) is 5.87. The van der Waals surface area contributed by atoms with E-state index >= 15 is 0 Å². The molecule has 2 aromatic heterocycles. The Balaban J connectivity index is 2.04. The van der Waals surface area contributed by atoms with Gasteiger partial charge < -0.3 is 5.11 Å². The number of hydrogen-bond acceptors (Lipinski definition) is 5. The molecule has 2 rings (SSSR count). The van der Waals surface area contributed by atoms with Crippen LogP contribution in [0.25, 0.3) is 0 Å². The number of H-pyrrole nitrogens is 1. The minimum atomic E-state index is -1.62. The number of Topliss-reactive ketones (excluding diaryl/α,β-unsaturated/α-hetero) is 2. The van der Waals surface area contributed by atoms with E-state index in [1.54, 1.807) is 12.4 Å². The first-order valence-corrected chi connectivity index (χ1v) is 5.79. The molecule has 20 heavy (non-hydrogen) atoms. The third-order valence-electron chi connectivity index (χ3n) is 2.62. The fourth-order valence-electron chi connectivity index (χ4n) is 1.63. The van der Waals surface area contributed by atoms with Gasteiger partial charge in [0, 0.05) is 24.5 Å². The first-order valence-electron chi connectivity index (χ1n) is 5.79. The maximum absolute atomic E-state index is 11.6. The molecule has 0 bridgehead atoms. The van der Waals surface area contributed by atoms with E-state index in [4.69, 9.17) is 5.11 Å². The van der Waals surface area contributed by atoms with Crippen molar-refractivity contribution in [2.45, 2.75) is 12.8 Å². The monoisotopic (exact) mass is 273 g/mol. The van der Waals surface area contributed by atoms with Gasteiger partial charge in [0.1, 0.15) is 5.69 Å². The summed E-state index contributed by atoms with van der Waals surface area (Å²) in [6, 6.07) is 5.17. The maximum atomic E-state index is 11.6. The van der Waals surface area contributed by atoms with Gasteiger partial charge in [0.2, 0.25) is 5.78 Å². The molecule has 0 amide bonds. The van der Waals surface area contributed by atoms with Crippen LogP contribution in [0.15, 0.2) is 30.6 Å². The van der Waals surface area contributed by atoms with Crippen LogP contribution in [-0.2, 0) is 16.0 Å². The molecule has 0 aromatic carbocycles. The molecule has 0 aliphatic rings. The number of carboxylic acids is 1. The lowest BCUT2D eigenvalue weighted by Gasteiger charge is -1.96. The molecule has 0 saturated heterocycles. The van der Waals surface area contributed by atoms with Crippen LogP contribution in [0.5, 0.6) is 0 Å². The molecular weight excluding hydrogens is 262 g/mol. The Labute approximate surface area is 113 Å². The van der Waals surface area contributed by atoms with Crippen molar-refractivity contribution in [1.82, 2.24) is 15.2 Å². The van der Waals surface area contributed by atoms with E-state index in [1.165, 1.54) is 6.07 Å². The maximum Gasteiger partial charge on any atom is 0.372 e. The van der Waals surface area contributed by atoms with Crippen LogP contribution in [0, 0.1) is 0 Å². The molecule has 0 spiro atoms. The fraction of sp³-hybridized carbons (Fsp3) is 0.154. The predicted molar refractivity (Wildman–Crippen MR) is 67.2 cm³/mol. The van der Waals surface area contributed by atoms with Crippen LogP contribution in [0.2, 0.25) is 0 Å². The summed E-state index contributed by atoms with van der Waals surface area (Å²) < 4.78 is 0. The SMILES string of the molecule is O=C(O)C(=O)CC(=O)c1cc(Cc2ccncc2)[nH]n1. The van der Waals surface area contributed by atoms with E-state index in [0.717, 1.165) is 5.56 Å². The van der Waals surface area contributed by atoms with Crippen molar-refractivity contribution < 1.29 is 19.5 Å². The average molecular weight is 273 g/mol. The van der Waals surface area contributed by atoms with Crippen molar-refractivity contribution in [3.05, 3.63) is 47.5 Å². The lowest BCUT2D eigenvalue weighted by Crippen LogP contribution is -2.17. The van der Waals surface area contributed by atoms with Gasteiger partial charge in [-0.2, -0.15) is 5.10 Å². The van der Waals surface area contributed by atoms with Crippen LogP contribution in [0.4, 0.5) is 0 Å². The summed E-state index contributed by atoms with van der Waals surface area (Å²) in [6.45, 7) is 0. The summed E-state index contributed by atoms with van der Waals surface area (Å²) in [7, 11) is 0. The highest BCUT2D eigenvalue weighted by molar-refractivity contribution is 6.37. The number of carbonyl (C=O) groups is 3. The fourth-order valence-corrected chi connectivity index (χ4v) is 1.63. The van der Waals surface area contributed by atoms with Gasteiger partial charge in [-0.15, -0.1) is 0 Å². The normalized spacial score (nSPS) is 10.2. The molecule has 0 saturated carbocycles. The van der Waals surface area contributed by atoms with Gasteiger partial charge in [-0.3, -0.25) is 19.7 Å². The number of hydrogen-bond donors (Lipinski definition) is 2. The summed E-state index contributed by atoms with van der Waals surface area (Å²) in [4.78, 5) is 36.9. The highest BCUT2D eigenvalue weighted by Gasteiger charge is 2.19. The number of aromatic nitrogens is 3. The molecule has 102 valence electrons. The van der Waals surface area contributed by atoms with Gasteiger partial charge in [0.25, 0.3) is 0 Å². The van der Waals surface area contributed by atoms with Crippen molar-refractivity contribution in [2.75, 3.05) is 0 Å². The number of aromatic amines is 1. The molecule has 7 nitrogen and oxygen atoms in total. The third-order valence-corrected chi connectivity index (χ3v) is 2.62. The van der Waals surface area contributed by atoms with E-state index in [1.807, 2.05) is 12.1 Å². The van der Waals surface area contributed by atoms with Gasteiger partial charge in [-0.1, -0.05) is 0 Å². The molecular formula is C13H11N3O4. The van der Waals surface area contributed by atoms with E-state index in [-0.39, 0.29) is 5.69 Å². The molecule has 0 aliphatic carbocycles. The summed E-state index contributed by atoms with van der Waals surface area (Å²) in [5, 5.41) is 14.9. The third kappa shape index (κ3) is 3.35. The predicted octanol–water partition coefficient (Wildman–Crippen LogP) is 0.622. The Hall–Kier alpha value is -2.83. The number of pyridine rings is 1. The molecule has 2 aromatic rings. The molecule has 0 unspecified atom stereocenters. The first kappa shape index (κ1) is 13.6. The minimum Gasteiger partial charge on any atom is -0.475 e. The zero-order chi connectivity index (χ0) is 14.5. The molecule has 0 aliphatic heterocycles. The van der Waals surface area contributed by atoms with Crippen LogP contribution in [-0.4, -0.2) is 37.8 Å². The molecule has 0 atom stereocenters. The molecule has 0 radical (unpaired) electrons. The Morgan fingerprint density at radius 1 is 1.20 bits per heavy atom. The zero-order valence-corrected chi connectivity index (χ0v) is 10.4. The Bertz CT molecular complexity index is 649. The number of carboxylic acid groups (broad SMARTS) is 1. The molecule has 0 fully saturated rings. The van der Waals surface area contributed by atoms with Gasteiger partial charge in [0.15, 0.2) is 5.78 Å². The van der Waals surface area contributed by atoms with Crippen molar-refractivity contribution in [2.24, 2.45) is 0 Å². The molecule has 2 N–H and O–H groups in total. The summed E-state index contributed by atoms with van der Waals surface area (Å²) in [5.74, 6) is -3.38. The number of carbonyl (C=O) groups excluding carboxylic acids is 2. The summed E-state index contributed by atoms with van der Waals surface area (Å²) in [6.07, 6.45) is 3.16. The molecule has 2 heterocycles. The summed E-state index contributed by atoms with van der Waals surface area (Å²) >= 11 is 0. The van der Waals surface area contributed by atoms with Crippen molar-refractivity contribution in [3.63, 3.8) is 0 Å². The van der Waals surface area contributed by atoms with Crippen LogP contribution in [0.1, 0.15) is 28.2 Å². The number of rotatable bonds is 6. The Morgan fingerprint density at radius 2 is 1.90 bits per heavy atom. The van der Waals surface area contributed by atoms with Gasteiger partial charge in [-0.25, -0.2) is 4.79 Å². The Kier molecular flexibility index (Phi) is 3.99. The second-order valence-corrected chi connectivity index (χ2v) is 4.14. The molecule has 7 heteroatoms. The zero-order valence-electron chi connectivity index (χ0n) is 10.4. The van der Waals surface area contributed by atoms with Crippen LogP contribution in [0.3, 0.4) is 0 Å². The smallest absolute Gasteiger partial charge is 0.372 e. The van der Waals surface area contributed by atoms with E-state index in [2.05, 4.69) is 15.2 Å². The topological polar surface area (TPSA) is 113 Å². The second-order valence-electron chi connectivity index (χ2n) is 4.14. The number of ketones is 2. The number of nitrogens with one attached hydrogen (secondary N) is 1. The highest BCUT2D eigenvalue weighted by atomic mass is 16.4. The largest absolute Gasteiger partial charge is 0.475 e. The van der Waals surface area contributed by atoms with Crippen LogP contribution < -0.4 is 0 Å². The first-order chi connectivity index (χ1) is 9.56. The van der Waals surface area contributed by atoms with Crippen molar-refractivity contribution >= 4 is 17.5 Å². The summed E-state index contributed by atoms with van der Waals surface area (Å²) in [5.41, 5.74) is 1.75. The van der Waals surface area contributed by atoms with E-state index in [0.29, 0.717) is 12.1 Å². The van der Waals surface area contributed by atoms with Gasteiger partial charge in [-0.05, 0) is 23.8 Å². The number of nitrogens with zero attached hydrogens (tertiary/aromatic N) is 2. The standard InChI is InChI=1S/C13H11N3O4/c17-11(7-12(18)13(19)20)10-6-9(15-16-10)5-8-1-3-14-4-2-8/h1-4,6H,5,7H2,(H,15,16)(H,19,20). The minimum absolute atomic E-state index is 0.0589. The lowest BCUT2D eigenvalue weighted by atomic mass is 10.1. The number of aliphatic carboxylic acids is 1. The quantitative estimate of drug-likeness (QED) is 0.453. The van der Waals surface area contributed by atoms with Gasteiger partial charge in [0.05, 0.1) is 6.42 Å².